The van der Waals surface area contributed by atoms with E-state index in [0.717, 1.165) is 52.4 Å². The first-order valence-electron chi connectivity index (χ1n) is 15.7. The molecule has 1 saturated carbocycles. The van der Waals surface area contributed by atoms with E-state index in [9.17, 15) is 18.0 Å². The van der Waals surface area contributed by atoms with Crippen molar-refractivity contribution in [3.8, 4) is 5.75 Å². The molecule has 0 saturated heterocycles. The fraction of sp³-hybridized carbons (Fsp3) is 0.429. The Balaban J connectivity index is 1.72. The Labute approximate surface area is 272 Å². The Kier molecular flexibility index (Phi) is 12.4. The Morgan fingerprint density at radius 2 is 1.62 bits per heavy atom. The van der Waals surface area contributed by atoms with E-state index in [-0.39, 0.29) is 23.4 Å². The molecule has 0 aliphatic heterocycles. The van der Waals surface area contributed by atoms with Gasteiger partial charge in [0, 0.05) is 17.5 Å². The van der Waals surface area contributed by atoms with E-state index in [1.807, 2.05) is 51.3 Å². The number of carbonyl (C=O) groups is 2. The lowest BCUT2D eigenvalue weighted by Crippen LogP contribution is -2.54. The summed E-state index contributed by atoms with van der Waals surface area (Å²) in [7, 11) is -4.15. The van der Waals surface area contributed by atoms with Gasteiger partial charge in [-0.2, -0.15) is 0 Å². The van der Waals surface area contributed by atoms with Gasteiger partial charge in [0.2, 0.25) is 11.8 Å². The highest BCUT2D eigenvalue weighted by Gasteiger charge is 2.34. The SMILES string of the molecule is CCOc1ccc(N(CC(=O)N(Cc2ccccc2C)[C@@H](CC)C(=O)NC2CCCCC2)S(=O)(=O)c2ccc(SC)cc2)cc1. The topological polar surface area (TPSA) is 96.0 Å². The molecule has 1 aliphatic carbocycles. The number of sulfonamides is 1. The molecule has 0 unspecified atom stereocenters. The first-order valence-corrected chi connectivity index (χ1v) is 18.4. The zero-order valence-electron chi connectivity index (χ0n) is 26.7. The van der Waals surface area contributed by atoms with Gasteiger partial charge in [0.15, 0.2) is 0 Å². The number of nitrogens with zero attached hydrogens (tertiary/aromatic N) is 2. The van der Waals surface area contributed by atoms with Crippen molar-refractivity contribution in [2.24, 2.45) is 0 Å². The van der Waals surface area contributed by atoms with Gasteiger partial charge in [-0.3, -0.25) is 13.9 Å². The fourth-order valence-corrected chi connectivity index (χ4v) is 7.54. The van der Waals surface area contributed by atoms with Crippen molar-refractivity contribution in [1.82, 2.24) is 10.2 Å². The van der Waals surface area contributed by atoms with Crippen LogP contribution in [0.4, 0.5) is 5.69 Å². The molecule has 45 heavy (non-hydrogen) atoms. The molecule has 0 aromatic heterocycles. The lowest BCUT2D eigenvalue weighted by atomic mass is 9.95. The molecule has 3 aromatic rings. The third-order valence-corrected chi connectivity index (χ3v) is 10.8. The smallest absolute Gasteiger partial charge is 0.264 e. The van der Waals surface area contributed by atoms with Crippen LogP contribution in [0.25, 0.3) is 0 Å². The van der Waals surface area contributed by atoms with Crippen LogP contribution in [0.3, 0.4) is 0 Å². The van der Waals surface area contributed by atoms with Crippen LogP contribution in [-0.4, -0.2) is 56.6 Å². The highest BCUT2D eigenvalue weighted by molar-refractivity contribution is 7.98. The van der Waals surface area contributed by atoms with Gasteiger partial charge in [-0.15, -0.1) is 11.8 Å². The summed E-state index contributed by atoms with van der Waals surface area (Å²) in [6, 6.07) is 20.4. The van der Waals surface area contributed by atoms with E-state index in [0.29, 0.717) is 24.5 Å². The van der Waals surface area contributed by atoms with Gasteiger partial charge in [0.05, 0.1) is 17.2 Å². The number of anilines is 1. The molecule has 242 valence electrons. The predicted molar refractivity (Wildman–Crippen MR) is 181 cm³/mol. The van der Waals surface area contributed by atoms with Crippen LogP contribution in [0, 0.1) is 6.92 Å². The average molecular weight is 652 g/mol. The van der Waals surface area contributed by atoms with Crippen molar-refractivity contribution < 1.29 is 22.7 Å². The maximum absolute atomic E-state index is 14.4. The Hall–Kier alpha value is -3.50. The molecule has 8 nitrogen and oxygen atoms in total. The molecule has 0 bridgehead atoms. The van der Waals surface area contributed by atoms with E-state index in [4.69, 9.17) is 4.74 Å². The van der Waals surface area contributed by atoms with Crippen molar-refractivity contribution in [2.45, 2.75) is 87.7 Å². The second-order valence-corrected chi connectivity index (χ2v) is 14.1. The number of ether oxygens (including phenoxy) is 1. The number of nitrogens with one attached hydrogen (secondary N) is 1. The Morgan fingerprint density at radius 3 is 2.22 bits per heavy atom. The van der Waals surface area contributed by atoms with Gasteiger partial charge in [-0.05, 0) is 99.0 Å². The molecule has 4 rings (SSSR count). The monoisotopic (exact) mass is 651 g/mol. The number of hydrogen-bond acceptors (Lipinski definition) is 6. The molecular formula is C35H45N3O5S2. The van der Waals surface area contributed by atoms with E-state index < -0.39 is 28.5 Å². The lowest BCUT2D eigenvalue weighted by molar-refractivity contribution is -0.140. The number of amides is 2. The van der Waals surface area contributed by atoms with Crippen molar-refractivity contribution in [3.63, 3.8) is 0 Å². The summed E-state index contributed by atoms with van der Waals surface area (Å²) in [5.41, 5.74) is 2.22. The maximum Gasteiger partial charge on any atom is 0.264 e. The van der Waals surface area contributed by atoms with Crippen LogP contribution in [0.5, 0.6) is 5.75 Å². The normalized spacial score (nSPS) is 14.4. The second kappa shape index (κ2) is 16.2. The summed E-state index contributed by atoms with van der Waals surface area (Å²) in [5, 5.41) is 3.20. The third-order valence-electron chi connectivity index (χ3n) is 8.30. The van der Waals surface area contributed by atoms with Crippen LogP contribution in [-0.2, 0) is 26.2 Å². The summed E-state index contributed by atoms with van der Waals surface area (Å²) in [6.45, 7) is 5.91. The van der Waals surface area contributed by atoms with Crippen LogP contribution in [0.2, 0.25) is 0 Å². The number of rotatable bonds is 14. The van der Waals surface area contributed by atoms with E-state index >= 15 is 0 Å². The number of hydrogen-bond donors (Lipinski definition) is 1. The lowest BCUT2D eigenvalue weighted by Gasteiger charge is -2.34. The van der Waals surface area contributed by atoms with Gasteiger partial charge in [0.1, 0.15) is 18.3 Å². The highest BCUT2D eigenvalue weighted by atomic mass is 32.2. The Morgan fingerprint density at radius 1 is 0.956 bits per heavy atom. The van der Waals surface area contributed by atoms with Crippen molar-refractivity contribution >= 4 is 39.3 Å². The van der Waals surface area contributed by atoms with E-state index in [2.05, 4.69) is 5.32 Å². The molecule has 0 heterocycles. The van der Waals surface area contributed by atoms with Crippen molar-refractivity contribution in [3.05, 3.63) is 83.9 Å². The fourth-order valence-electron chi connectivity index (χ4n) is 5.71. The molecular weight excluding hydrogens is 607 g/mol. The van der Waals surface area contributed by atoms with Gasteiger partial charge < -0.3 is 15.0 Å². The molecule has 3 aromatic carbocycles. The molecule has 0 spiro atoms. The van der Waals surface area contributed by atoms with Gasteiger partial charge in [-0.25, -0.2) is 8.42 Å². The van der Waals surface area contributed by atoms with Crippen molar-refractivity contribution in [1.29, 1.82) is 0 Å². The minimum Gasteiger partial charge on any atom is -0.494 e. The number of benzene rings is 3. The Bertz CT molecular complexity index is 1520. The standard InChI is InChI=1S/C35H45N3O5S2/c1-5-33(35(40)36-28-14-8-7-9-15-28)37(24-27-13-11-10-12-26(27)3)34(39)25-38(29-16-18-30(19-17-29)43-6-2)45(41,42)32-22-20-31(44-4)21-23-32/h10-13,16-23,28,33H,5-9,14-15,24-25H2,1-4H3,(H,36,40)/t33-/m0/s1. The number of thioether (sulfide) groups is 1. The summed E-state index contributed by atoms with van der Waals surface area (Å²) in [6.07, 6.45) is 7.46. The second-order valence-electron chi connectivity index (χ2n) is 11.3. The first-order chi connectivity index (χ1) is 21.7. The van der Waals surface area contributed by atoms with Gasteiger partial charge >= 0.3 is 0 Å². The molecule has 1 aliphatic rings. The third kappa shape index (κ3) is 8.82. The van der Waals surface area contributed by atoms with E-state index in [1.54, 1.807) is 53.4 Å². The highest BCUT2D eigenvalue weighted by Crippen LogP contribution is 2.28. The number of aryl methyl sites for hydroxylation is 1. The summed E-state index contributed by atoms with van der Waals surface area (Å²) < 4.78 is 35.1. The molecule has 10 heteroatoms. The first kappa shape index (κ1) is 34.4. The molecule has 0 radical (unpaired) electrons. The van der Waals surface area contributed by atoms with Crippen molar-refractivity contribution in [2.75, 3.05) is 23.7 Å². The van der Waals surface area contributed by atoms with Crippen LogP contribution in [0.15, 0.2) is 82.6 Å². The van der Waals surface area contributed by atoms with E-state index in [1.165, 1.54) is 11.8 Å². The summed E-state index contributed by atoms with van der Waals surface area (Å²) in [5.74, 6) is -0.0580. The van der Waals surface area contributed by atoms with Crippen LogP contribution >= 0.6 is 11.8 Å². The number of carbonyl (C=O) groups excluding carboxylic acids is 2. The largest absolute Gasteiger partial charge is 0.494 e. The predicted octanol–water partition coefficient (Wildman–Crippen LogP) is 6.57. The summed E-state index contributed by atoms with van der Waals surface area (Å²) in [4.78, 5) is 30.7. The molecule has 1 atom stereocenters. The molecule has 1 N–H and O–H groups in total. The quantitative estimate of drug-likeness (QED) is 0.198. The minimum absolute atomic E-state index is 0.0783. The molecule has 1 fully saturated rings. The van der Waals surface area contributed by atoms with Gasteiger partial charge in [0.25, 0.3) is 10.0 Å². The summed E-state index contributed by atoms with van der Waals surface area (Å²) >= 11 is 1.52. The van der Waals surface area contributed by atoms with Gasteiger partial charge in [-0.1, -0.05) is 50.5 Å². The maximum atomic E-state index is 14.4. The van der Waals surface area contributed by atoms with Crippen LogP contribution in [0.1, 0.15) is 63.5 Å². The zero-order chi connectivity index (χ0) is 32.4. The van der Waals surface area contributed by atoms with Crippen LogP contribution < -0.4 is 14.4 Å². The minimum atomic E-state index is -4.15. The zero-order valence-corrected chi connectivity index (χ0v) is 28.3. The molecule has 2 amide bonds. The average Bonchev–Trinajstić information content (AvgIpc) is 3.05.